The van der Waals surface area contributed by atoms with E-state index in [1.165, 1.54) is 5.56 Å². The molecule has 1 unspecified atom stereocenters. The lowest BCUT2D eigenvalue weighted by Gasteiger charge is -2.41. The third-order valence-corrected chi connectivity index (χ3v) is 3.35. The van der Waals surface area contributed by atoms with Crippen LogP contribution in [0.3, 0.4) is 0 Å². The minimum Gasteiger partial charge on any atom is -0.335 e. The van der Waals surface area contributed by atoms with E-state index in [4.69, 9.17) is 5.73 Å². The number of hydrogen-bond acceptors (Lipinski definition) is 2. The van der Waals surface area contributed by atoms with Crippen molar-refractivity contribution < 1.29 is 4.79 Å². The van der Waals surface area contributed by atoms with Gasteiger partial charge in [0.25, 0.3) is 0 Å². The van der Waals surface area contributed by atoms with Crippen molar-refractivity contribution in [2.45, 2.75) is 31.7 Å². The monoisotopic (exact) mass is 232 g/mol. The molecule has 0 saturated carbocycles. The molecule has 1 amide bonds. The van der Waals surface area contributed by atoms with Crippen LogP contribution in [0.2, 0.25) is 0 Å². The van der Waals surface area contributed by atoms with Gasteiger partial charge in [0.2, 0.25) is 5.91 Å². The highest BCUT2D eigenvalue weighted by molar-refractivity contribution is 5.83. The lowest BCUT2D eigenvalue weighted by atomic mass is 9.93. The Balaban J connectivity index is 1.86. The average molecular weight is 232 g/mol. The number of nitrogens with zero attached hydrogens (tertiary/aromatic N) is 1. The summed E-state index contributed by atoms with van der Waals surface area (Å²) < 4.78 is 0. The molecule has 1 aliphatic heterocycles. The summed E-state index contributed by atoms with van der Waals surface area (Å²) in [5, 5.41) is 0. The van der Waals surface area contributed by atoms with Crippen molar-refractivity contribution in [1.29, 1.82) is 0 Å². The van der Waals surface area contributed by atoms with E-state index >= 15 is 0 Å². The molecule has 0 aliphatic carbocycles. The molecule has 1 atom stereocenters. The third kappa shape index (κ3) is 2.86. The number of β-lactam (4-membered cyclic amide) rings is 1. The van der Waals surface area contributed by atoms with Crippen LogP contribution in [0, 0.1) is 0 Å². The van der Waals surface area contributed by atoms with E-state index in [1.807, 2.05) is 23.1 Å². The molecular weight excluding hydrogens is 212 g/mol. The fraction of sp³-hybridized carbons (Fsp3) is 0.500. The molecule has 1 heterocycles. The summed E-state index contributed by atoms with van der Waals surface area (Å²) in [7, 11) is 0. The van der Waals surface area contributed by atoms with Gasteiger partial charge < -0.3 is 10.6 Å². The summed E-state index contributed by atoms with van der Waals surface area (Å²) in [5.74, 6) is 0.284. The standard InChI is InChI=1S/C14H20N2O/c15-9-5-2-6-10-16-13(11-14(16)17)12-7-3-1-4-8-12/h1,3-4,7-8,13H,2,5-6,9-11,15H2. The molecular formula is C14H20N2O. The number of likely N-dealkylation sites (tertiary alicyclic amines) is 1. The van der Waals surface area contributed by atoms with Crippen LogP contribution < -0.4 is 5.73 Å². The predicted octanol–water partition coefficient (Wildman–Crippen LogP) is 2.09. The minimum absolute atomic E-state index is 0.284. The van der Waals surface area contributed by atoms with Crippen LogP contribution in [-0.2, 0) is 4.79 Å². The van der Waals surface area contributed by atoms with Crippen LogP contribution in [0.25, 0.3) is 0 Å². The maximum atomic E-state index is 11.6. The smallest absolute Gasteiger partial charge is 0.225 e. The van der Waals surface area contributed by atoms with Crippen LogP contribution in [-0.4, -0.2) is 23.9 Å². The van der Waals surface area contributed by atoms with Gasteiger partial charge in [-0.2, -0.15) is 0 Å². The molecule has 0 spiro atoms. The van der Waals surface area contributed by atoms with Crippen molar-refractivity contribution in [1.82, 2.24) is 4.90 Å². The van der Waals surface area contributed by atoms with Gasteiger partial charge in [-0.1, -0.05) is 36.8 Å². The lowest BCUT2D eigenvalue weighted by Crippen LogP contribution is -2.46. The number of amides is 1. The first-order chi connectivity index (χ1) is 8.33. The van der Waals surface area contributed by atoms with Gasteiger partial charge in [-0.3, -0.25) is 4.79 Å². The Hall–Kier alpha value is -1.35. The summed E-state index contributed by atoms with van der Waals surface area (Å²) in [5.41, 5.74) is 6.71. The number of nitrogens with two attached hydrogens (primary N) is 1. The van der Waals surface area contributed by atoms with Crippen LogP contribution in [0.1, 0.15) is 37.3 Å². The lowest BCUT2D eigenvalue weighted by molar-refractivity contribution is -0.146. The fourth-order valence-corrected chi connectivity index (χ4v) is 2.31. The quantitative estimate of drug-likeness (QED) is 0.603. The molecule has 1 fully saturated rings. The van der Waals surface area contributed by atoms with Crippen LogP contribution in [0.5, 0.6) is 0 Å². The zero-order valence-electron chi connectivity index (χ0n) is 10.1. The first-order valence-electron chi connectivity index (χ1n) is 6.37. The fourth-order valence-electron chi connectivity index (χ4n) is 2.31. The number of carbonyl (C=O) groups excluding carboxylic acids is 1. The van der Waals surface area contributed by atoms with Gasteiger partial charge in [0.15, 0.2) is 0 Å². The number of unbranched alkanes of at least 4 members (excludes halogenated alkanes) is 2. The molecule has 2 rings (SSSR count). The molecule has 2 N–H and O–H groups in total. The molecule has 3 nitrogen and oxygen atoms in total. The Morgan fingerprint density at radius 1 is 1.18 bits per heavy atom. The predicted molar refractivity (Wildman–Crippen MR) is 68.4 cm³/mol. The van der Waals surface area contributed by atoms with E-state index < -0.39 is 0 Å². The van der Waals surface area contributed by atoms with Gasteiger partial charge in [-0.15, -0.1) is 0 Å². The van der Waals surface area contributed by atoms with Crippen LogP contribution in [0.15, 0.2) is 30.3 Å². The van der Waals surface area contributed by atoms with Crippen molar-refractivity contribution in [3.63, 3.8) is 0 Å². The molecule has 1 aliphatic rings. The molecule has 0 aromatic heterocycles. The number of carbonyl (C=O) groups is 1. The summed E-state index contributed by atoms with van der Waals surface area (Å²) >= 11 is 0. The molecule has 0 bridgehead atoms. The minimum atomic E-state index is 0.284. The van der Waals surface area contributed by atoms with E-state index in [0.717, 1.165) is 32.4 Å². The highest BCUT2D eigenvalue weighted by atomic mass is 16.2. The third-order valence-electron chi connectivity index (χ3n) is 3.35. The SMILES string of the molecule is NCCCCCN1C(=O)CC1c1ccccc1. The number of hydrogen-bond donors (Lipinski definition) is 1. The van der Waals surface area contributed by atoms with Crippen molar-refractivity contribution in [2.24, 2.45) is 5.73 Å². The van der Waals surface area contributed by atoms with Gasteiger partial charge in [0.05, 0.1) is 12.5 Å². The molecule has 0 radical (unpaired) electrons. The van der Waals surface area contributed by atoms with Crippen LogP contribution >= 0.6 is 0 Å². The van der Waals surface area contributed by atoms with E-state index in [2.05, 4.69) is 12.1 Å². The normalized spacial score (nSPS) is 19.2. The zero-order valence-corrected chi connectivity index (χ0v) is 10.1. The Morgan fingerprint density at radius 2 is 1.94 bits per heavy atom. The number of rotatable bonds is 6. The highest BCUT2D eigenvalue weighted by Gasteiger charge is 2.36. The van der Waals surface area contributed by atoms with E-state index in [9.17, 15) is 4.79 Å². The molecule has 1 saturated heterocycles. The van der Waals surface area contributed by atoms with Gasteiger partial charge in [-0.05, 0) is 24.9 Å². The Labute approximate surface area is 103 Å². The van der Waals surface area contributed by atoms with Crippen molar-refractivity contribution in [2.75, 3.05) is 13.1 Å². The summed E-state index contributed by atoms with van der Waals surface area (Å²) in [4.78, 5) is 13.6. The maximum Gasteiger partial charge on any atom is 0.225 e. The van der Waals surface area contributed by atoms with Crippen molar-refractivity contribution in [3.05, 3.63) is 35.9 Å². The van der Waals surface area contributed by atoms with Gasteiger partial charge in [0.1, 0.15) is 0 Å². The highest BCUT2D eigenvalue weighted by Crippen LogP contribution is 2.34. The maximum absolute atomic E-state index is 11.6. The van der Waals surface area contributed by atoms with Crippen molar-refractivity contribution >= 4 is 5.91 Å². The second-order valence-corrected chi connectivity index (χ2v) is 4.57. The first-order valence-corrected chi connectivity index (χ1v) is 6.37. The van der Waals surface area contributed by atoms with Crippen LogP contribution in [0.4, 0.5) is 0 Å². The van der Waals surface area contributed by atoms with Crippen molar-refractivity contribution in [3.8, 4) is 0 Å². The molecule has 92 valence electrons. The zero-order chi connectivity index (χ0) is 12.1. The molecule has 1 aromatic rings. The Kier molecular flexibility index (Phi) is 4.15. The summed E-state index contributed by atoms with van der Waals surface area (Å²) in [6, 6.07) is 10.6. The second-order valence-electron chi connectivity index (χ2n) is 4.57. The van der Waals surface area contributed by atoms with E-state index in [1.54, 1.807) is 0 Å². The summed E-state index contributed by atoms with van der Waals surface area (Å²) in [6.45, 7) is 1.62. The first kappa shape index (κ1) is 12.1. The largest absolute Gasteiger partial charge is 0.335 e. The van der Waals surface area contributed by atoms with E-state index in [0.29, 0.717) is 12.5 Å². The van der Waals surface area contributed by atoms with Gasteiger partial charge in [0, 0.05) is 6.54 Å². The van der Waals surface area contributed by atoms with Gasteiger partial charge >= 0.3 is 0 Å². The molecule has 17 heavy (non-hydrogen) atoms. The second kappa shape index (κ2) is 5.82. The Morgan fingerprint density at radius 3 is 2.59 bits per heavy atom. The van der Waals surface area contributed by atoms with Gasteiger partial charge in [-0.25, -0.2) is 0 Å². The molecule has 1 aromatic carbocycles. The topological polar surface area (TPSA) is 46.3 Å². The number of benzene rings is 1. The summed E-state index contributed by atoms with van der Waals surface area (Å²) in [6.07, 6.45) is 3.90. The molecule has 3 heteroatoms. The average Bonchev–Trinajstić information content (AvgIpc) is 2.36. The Bertz CT molecular complexity index is 364. The van der Waals surface area contributed by atoms with E-state index in [-0.39, 0.29) is 5.91 Å².